The molecule has 0 spiro atoms. The Kier molecular flexibility index (Phi) is 6.55. The molecule has 1 unspecified atom stereocenters. The van der Waals surface area contributed by atoms with Crippen LogP contribution < -0.4 is 5.01 Å². The van der Waals surface area contributed by atoms with Crippen molar-refractivity contribution in [1.82, 2.24) is 0 Å². The van der Waals surface area contributed by atoms with Crippen LogP contribution in [0.3, 0.4) is 0 Å². The molecule has 0 N–H and O–H groups in total. The van der Waals surface area contributed by atoms with Gasteiger partial charge in [-0.2, -0.15) is 0 Å². The maximum atomic E-state index is 11.8. The highest BCUT2D eigenvalue weighted by atomic mass is 35.5. The van der Waals surface area contributed by atoms with Crippen LogP contribution in [0.1, 0.15) is 27.2 Å². The first-order valence-corrected chi connectivity index (χ1v) is 8.57. The monoisotopic (exact) mass is 404 g/mol. The molecule has 0 bridgehead atoms. The topological polar surface area (TPSA) is 86.7 Å². The van der Waals surface area contributed by atoms with Gasteiger partial charge in [0.1, 0.15) is 0 Å². The standard InChI is InChI=1S/C16H18Cl2N2O6/c1-4-23-14(21)25-13-9-16(3,26-15(22)24-5-2)20(19-13)12-7-6-10(17)8-11(12)18/h6-8H,4-5,9H2,1-3H3. The summed E-state index contributed by atoms with van der Waals surface area (Å²) in [5.74, 6) is 0.00117. The van der Waals surface area contributed by atoms with Crippen LogP contribution in [-0.4, -0.2) is 37.1 Å². The van der Waals surface area contributed by atoms with Gasteiger partial charge >= 0.3 is 12.3 Å². The minimum absolute atomic E-state index is 0.00117. The highest BCUT2D eigenvalue weighted by Gasteiger charge is 2.46. The molecule has 8 nitrogen and oxygen atoms in total. The number of rotatable bonds is 4. The maximum Gasteiger partial charge on any atom is 0.514 e. The second-order valence-corrected chi connectivity index (χ2v) is 6.17. The molecular formula is C16H18Cl2N2O6. The predicted octanol–water partition coefficient (Wildman–Crippen LogP) is 4.58. The number of hydrazone groups is 1. The molecule has 1 aromatic rings. The lowest BCUT2D eigenvalue weighted by atomic mass is 10.1. The molecular weight excluding hydrogens is 387 g/mol. The summed E-state index contributed by atoms with van der Waals surface area (Å²) in [5.41, 5.74) is -0.920. The maximum absolute atomic E-state index is 11.8. The minimum Gasteiger partial charge on any atom is -0.435 e. The van der Waals surface area contributed by atoms with Gasteiger partial charge in [-0.3, -0.25) is 0 Å². The van der Waals surface area contributed by atoms with Crippen LogP contribution in [-0.2, 0) is 18.9 Å². The first-order chi connectivity index (χ1) is 12.3. The zero-order chi connectivity index (χ0) is 19.3. The molecule has 10 heteroatoms. The summed E-state index contributed by atoms with van der Waals surface area (Å²) in [6, 6.07) is 4.73. The van der Waals surface area contributed by atoms with Crippen LogP contribution in [0.15, 0.2) is 23.3 Å². The normalized spacial score (nSPS) is 19.0. The van der Waals surface area contributed by atoms with Crippen molar-refractivity contribution < 1.29 is 28.5 Å². The Bertz CT molecular complexity index is 727. The van der Waals surface area contributed by atoms with Gasteiger partial charge in [-0.25, -0.2) is 14.6 Å². The molecule has 142 valence electrons. The van der Waals surface area contributed by atoms with Gasteiger partial charge in [0.05, 0.1) is 30.3 Å². The summed E-state index contributed by atoms with van der Waals surface area (Å²) >= 11 is 12.2. The van der Waals surface area contributed by atoms with E-state index in [2.05, 4.69) is 5.10 Å². The fourth-order valence-electron chi connectivity index (χ4n) is 2.28. The van der Waals surface area contributed by atoms with E-state index in [1.807, 2.05) is 0 Å². The first-order valence-electron chi connectivity index (χ1n) is 7.82. The minimum atomic E-state index is -1.33. The van der Waals surface area contributed by atoms with Crippen LogP contribution in [0.25, 0.3) is 0 Å². The van der Waals surface area contributed by atoms with E-state index in [-0.39, 0.29) is 30.6 Å². The zero-order valence-electron chi connectivity index (χ0n) is 14.5. The first kappa shape index (κ1) is 20.1. The molecule has 1 aliphatic rings. The largest absolute Gasteiger partial charge is 0.514 e. The Morgan fingerprint density at radius 2 is 1.85 bits per heavy atom. The van der Waals surface area contributed by atoms with Gasteiger partial charge in [-0.1, -0.05) is 23.2 Å². The van der Waals surface area contributed by atoms with Crippen molar-refractivity contribution in [3.05, 3.63) is 28.2 Å². The lowest BCUT2D eigenvalue weighted by Crippen LogP contribution is -2.44. The fraction of sp³-hybridized carbons (Fsp3) is 0.438. The number of anilines is 1. The lowest BCUT2D eigenvalue weighted by molar-refractivity contribution is -0.0186. The van der Waals surface area contributed by atoms with E-state index in [1.54, 1.807) is 32.9 Å². The summed E-state index contributed by atoms with van der Waals surface area (Å²) in [6.45, 7) is 5.17. The highest BCUT2D eigenvalue weighted by Crippen LogP contribution is 2.39. The smallest absolute Gasteiger partial charge is 0.435 e. The van der Waals surface area contributed by atoms with Gasteiger partial charge in [0, 0.05) is 5.02 Å². The van der Waals surface area contributed by atoms with E-state index in [9.17, 15) is 9.59 Å². The van der Waals surface area contributed by atoms with Crippen molar-refractivity contribution in [2.75, 3.05) is 18.2 Å². The van der Waals surface area contributed by atoms with E-state index in [0.29, 0.717) is 10.7 Å². The Labute approximate surface area is 160 Å². The van der Waals surface area contributed by atoms with Crippen molar-refractivity contribution in [1.29, 1.82) is 0 Å². The summed E-state index contributed by atoms with van der Waals surface area (Å²) in [7, 11) is 0. The molecule has 0 radical (unpaired) electrons. The molecule has 0 saturated carbocycles. The van der Waals surface area contributed by atoms with Crippen molar-refractivity contribution in [2.45, 2.75) is 32.9 Å². The van der Waals surface area contributed by atoms with Crippen molar-refractivity contribution >= 4 is 47.1 Å². The van der Waals surface area contributed by atoms with E-state index < -0.39 is 18.0 Å². The number of nitrogens with zero attached hydrogens (tertiary/aromatic N) is 2. The van der Waals surface area contributed by atoms with Gasteiger partial charge < -0.3 is 18.9 Å². The molecule has 0 amide bonds. The Morgan fingerprint density at radius 3 is 2.46 bits per heavy atom. The third-order valence-electron chi connectivity index (χ3n) is 3.31. The number of hydrogen-bond acceptors (Lipinski definition) is 8. The molecule has 1 atom stereocenters. The van der Waals surface area contributed by atoms with Crippen LogP contribution >= 0.6 is 23.2 Å². The predicted molar refractivity (Wildman–Crippen MR) is 95.6 cm³/mol. The Balaban J connectivity index is 2.33. The molecule has 26 heavy (non-hydrogen) atoms. The van der Waals surface area contributed by atoms with Crippen molar-refractivity contribution in [2.24, 2.45) is 5.10 Å². The zero-order valence-corrected chi connectivity index (χ0v) is 16.0. The fourth-order valence-corrected chi connectivity index (χ4v) is 2.76. The second kappa shape index (κ2) is 8.46. The van der Waals surface area contributed by atoms with Gasteiger partial charge in [0.2, 0.25) is 11.6 Å². The van der Waals surface area contributed by atoms with Crippen LogP contribution in [0.4, 0.5) is 15.3 Å². The van der Waals surface area contributed by atoms with Crippen LogP contribution in [0.5, 0.6) is 0 Å². The number of ether oxygens (including phenoxy) is 4. The number of hydrogen-bond donors (Lipinski definition) is 0. The molecule has 1 aromatic carbocycles. The Morgan fingerprint density at radius 1 is 1.19 bits per heavy atom. The molecule has 0 saturated heterocycles. The summed E-state index contributed by atoms with van der Waals surface area (Å²) < 4.78 is 20.0. The van der Waals surface area contributed by atoms with Crippen LogP contribution in [0, 0.1) is 0 Å². The van der Waals surface area contributed by atoms with Crippen LogP contribution in [0.2, 0.25) is 10.0 Å². The lowest BCUT2D eigenvalue weighted by Gasteiger charge is -2.32. The highest BCUT2D eigenvalue weighted by molar-refractivity contribution is 6.36. The molecule has 1 heterocycles. The van der Waals surface area contributed by atoms with Gasteiger partial charge in [-0.05, 0) is 39.0 Å². The summed E-state index contributed by atoms with van der Waals surface area (Å²) in [6.07, 6.45) is -1.82. The van der Waals surface area contributed by atoms with E-state index in [1.165, 1.54) is 11.1 Å². The molecule has 1 aliphatic heterocycles. The van der Waals surface area contributed by atoms with E-state index in [4.69, 9.17) is 42.1 Å². The van der Waals surface area contributed by atoms with Crippen molar-refractivity contribution in [3.8, 4) is 0 Å². The van der Waals surface area contributed by atoms with Gasteiger partial charge in [0.25, 0.3) is 0 Å². The SMILES string of the molecule is CCOC(=O)OC1=NN(c2ccc(Cl)cc2Cl)C(C)(OC(=O)OCC)C1. The quantitative estimate of drug-likeness (QED) is 0.678. The molecule has 2 rings (SSSR count). The number of carbonyl (C=O) groups is 2. The molecule has 0 aromatic heterocycles. The third kappa shape index (κ3) is 4.70. The van der Waals surface area contributed by atoms with Crippen molar-refractivity contribution in [3.63, 3.8) is 0 Å². The summed E-state index contributed by atoms with van der Waals surface area (Å²) in [4.78, 5) is 23.4. The second-order valence-electron chi connectivity index (χ2n) is 5.32. The van der Waals surface area contributed by atoms with E-state index in [0.717, 1.165) is 0 Å². The van der Waals surface area contributed by atoms with E-state index >= 15 is 0 Å². The van der Waals surface area contributed by atoms with Gasteiger partial charge in [0.15, 0.2) is 0 Å². The van der Waals surface area contributed by atoms with Gasteiger partial charge in [-0.15, -0.1) is 5.10 Å². The summed E-state index contributed by atoms with van der Waals surface area (Å²) in [5, 5.41) is 6.24. The number of halogens is 2. The number of benzene rings is 1. The Hall–Kier alpha value is -2.19. The molecule has 0 fully saturated rings. The average Bonchev–Trinajstić information content (AvgIpc) is 2.83. The molecule has 0 aliphatic carbocycles. The number of carbonyl (C=O) groups excluding carboxylic acids is 2. The average molecular weight is 405 g/mol. The third-order valence-corrected chi connectivity index (χ3v) is 3.84.